The molecule has 12 heteroatoms. The van der Waals surface area contributed by atoms with Gasteiger partial charge >= 0.3 is 0 Å². The first-order chi connectivity index (χ1) is 13.6. The lowest BCUT2D eigenvalue weighted by Crippen LogP contribution is -2.64. The van der Waals surface area contributed by atoms with Crippen LogP contribution < -0.4 is 15.8 Å². The number of ether oxygens (including phenoxy) is 1. The fourth-order valence-electron chi connectivity index (χ4n) is 2.61. The summed E-state index contributed by atoms with van der Waals surface area (Å²) >= 11 is 0. The molecule has 1 fully saturated rings. The molecular formula is C17H16F3N3O5S. The highest BCUT2D eigenvalue weighted by Gasteiger charge is 2.42. The summed E-state index contributed by atoms with van der Waals surface area (Å²) in [5.74, 6) is -5.59. The van der Waals surface area contributed by atoms with E-state index in [1.807, 2.05) is 0 Å². The van der Waals surface area contributed by atoms with Crippen molar-refractivity contribution in [1.29, 1.82) is 0 Å². The zero-order valence-corrected chi connectivity index (χ0v) is 15.5. The summed E-state index contributed by atoms with van der Waals surface area (Å²) in [7, 11) is -4.23. The first kappa shape index (κ1) is 21.0. The van der Waals surface area contributed by atoms with Gasteiger partial charge in [0.1, 0.15) is 10.4 Å². The van der Waals surface area contributed by atoms with E-state index >= 15 is 0 Å². The number of carbonyl (C=O) groups is 1. The molecule has 1 saturated heterocycles. The summed E-state index contributed by atoms with van der Waals surface area (Å²) in [6.07, 6.45) is 0. The standard InChI is InChI=1S/C17H16F3N3O5S/c18-11-4-10(5-12(19)15(11)20)22-16(25)9-1-2-13(21)14(3-9)29(26,27)23-17(6-24)7-28-8-17/h1-5,23-24H,6-8,21H2,(H,22,25). The molecule has 0 bridgehead atoms. The van der Waals surface area contributed by atoms with Gasteiger partial charge < -0.3 is 20.9 Å². The molecule has 2 aromatic carbocycles. The molecule has 1 aliphatic heterocycles. The fraction of sp³-hybridized carbons (Fsp3) is 0.235. The van der Waals surface area contributed by atoms with Crippen molar-refractivity contribution >= 4 is 27.3 Å². The molecule has 0 aromatic heterocycles. The van der Waals surface area contributed by atoms with Crippen LogP contribution in [0.15, 0.2) is 35.2 Å². The number of benzene rings is 2. The second-order valence-corrected chi connectivity index (χ2v) is 8.15. The van der Waals surface area contributed by atoms with Gasteiger partial charge in [-0.05, 0) is 18.2 Å². The largest absolute Gasteiger partial charge is 0.398 e. The van der Waals surface area contributed by atoms with Gasteiger partial charge in [-0.1, -0.05) is 0 Å². The van der Waals surface area contributed by atoms with Crippen molar-refractivity contribution in [3.05, 3.63) is 53.3 Å². The molecule has 29 heavy (non-hydrogen) atoms. The van der Waals surface area contributed by atoms with E-state index in [-0.39, 0.29) is 30.2 Å². The van der Waals surface area contributed by atoms with Crippen LogP contribution in [0.3, 0.4) is 0 Å². The third-order valence-corrected chi connectivity index (χ3v) is 5.85. The Morgan fingerprint density at radius 1 is 1.17 bits per heavy atom. The summed E-state index contributed by atoms with van der Waals surface area (Å²) in [6, 6.07) is 4.49. The van der Waals surface area contributed by atoms with E-state index in [4.69, 9.17) is 10.5 Å². The number of halogens is 3. The average molecular weight is 431 g/mol. The van der Waals surface area contributed by atoms with Gasteiger partial charge in [0.25, 0.3) is 5.91 Å². The SMILES string of the molecule is Nc1ccc(C(=O)Nc2cc(F)c(F)c(F)c2)cc1S(=O)(=O)NC1(CO)COC1. The third-order valence-electron chi connectivity index (χ3n) is 4.22. The van der Waals surface area contributed by atoms with Crippen LogP contribution in [-0.4, -0.2) is 44.8 Å². The molecule has 1 amide bonds. The monoisotopic (exact) mass is 431 g/mol. The second kappa shape index (κ2) is 7.63. The van der Waals surface area contributed by atoms with Gasteiger partial charge in [-0.3, -0.25) is 4.79 Å². The van der Waals surface area contributed by atoms with Crippen LogP contribution in [0, 0.1) is 17.5 Å². The van der Waals surface area contributed by atoms with Crippen LogP contribution >= 0.6 is 0 Å². The number of aliphatic hydroxyl groups is 1. The molecule has 3 rings (SSSR count). The molecule has 0 atom stereocenters. The highest BCUT2D eigenvalue weighted by atomic mass is 32.2. The van der Waals surface area contributed by atoms with Crippen molar-refractivity contribution < 1.29 is 36.2 Å². The Labute approximate surface area is 163 Å². The lowest BCUT2D eigenvalue weighted by Gasteiger charge is -2.39. The van der Waals surface area contributed by atoms with Crippen molar-refractivity contribution in [3.63, 3.8) is 0 Å². The number of nitrogens with one attached hydrogen (secondary N) is 2. The predicted molar refractivity (Wildman–Crippen MR) is 96.1 cm³/mol. The molecule has 156 valence electrons. The molecule has 1 aliphatic rings. The smallest absolute Gasteiger partial charge is 0.255 e. The minimum Gasteiger partial charge on any atom is -0.398 e. The maximum absolute atomic E-state index is 13.3. The topological polar surface area (TPSA) is 131 Å². The predicted octanol–water partition coefficient (Wildman–Crippen LogP) is 0.978. The number of nitrogen functional groups attached to an aromatic ring is 1. The van der Waals surface area contributed by atoms with Gasteiger partial charge in [-0.15, -0.1) is 0 Å². The molecule has 0 spiro atoms. The summed E-state index contributed by atoms with van der Waals surface area (Å²) in [4.78, 5) is 11.9. The zero-order valence-electron chi connectivity index (χ0n) is 14.7. The highest BCUT2D eigenvalue weighted by Crippen LogP contribution is 2.25. The second-order valence-electron chi connectivity index (χ2n) is 6.50. The van der Waals surface area contributed by atoms with Crippen LogP contribution in [0.2, 0.25) is 0 Å². The van der Waals surface area contributed by atoms with E-state index in [2.05, 4.69) is 10.0 Å². The van der Waals surface area contributed by atoms with Gasteiger partial charge in [0.2, 0.25) is 10.0 Å². The first-order valence-electron chi connectivity index (χ1n) is 8.15. The van der Waals surface area contributed by atoms with Crippen LogP contribution in [0.1, 0.15) is 10.4 Å². The normalized spacial score (nSPS) is 15.6. The summed E-state index contributed by atoms with van der Waals surface area (Å²) in [5, 5.41) is 11.5. The van der Waals surface area contributed by atoms with Crippen molar-refractivity contribution in [2.45, 2.75) is 10.4 Å². The average Bonchev–Trinajstić information content (AvgIpc) is 2.62. The lowest BCUT2D eigenvalue weighted by atomic mass is 10.0. The Hall–Kier alpha value is -2.67. The van der Waals surface area contributed by atoms with Crippen molar-refractivity contribution in [2.24, 2.45) is 0 Å². The minimum atomic E-state index is -4.23. The molecule has 0 radical (unpaired) electrons. The Kier molecular flexibility index (Phi) is 5.54. The Balaban J connectivity index is 1.87. The number of hydrogen-bond acceptors (Lipinski definition) is 6. The van der Waals surface area contributed by atoms with E-state index < -0.39 is 50.4 Å². The van der Waals surface area contributed by atoms with E-state index in [0.717, 1.165) is 12.1 Å². The van der Waals surface area contributed by atoms with Gasteiger partial charge in [-0.2, -0.15) is 4.72 Å². The van der Waals surface area contributed by atoms with Crippen LogP contribution in [0.25, 0.3) is 0 Å². The number of carbonyl (C=O) groups excluding carboxylic acids is 1. The van der Waals surface area contributed by atoms with Crippen molar-refractivity contribution in [1.82, 2.24) is 4.72 Å². The number of nitrogens with two attached hydrogens (primary N) is 1. The molecule has 2 aromatic rings. The van der Waals surface area contributed by atoms with Crippen LogP contribution in [0.4, 0.5) is 24.5 Å². The van der Waals surface area contributed by atoms with Gasteiger partial charge in [0.15, 0.2) is 17.5 Å². The molecular weight excluding hydrogens is 415 g/mol. The number of rotatable bonds is 6. The van der Waals surface area contributed by atoms with E-state index in [1.165, 1.54) is 6.07 Å². The number of sulfonamides is 1. The molecule has 8 nitrogen and oxygen atoms in total. The Bertz CT molecular complexity index is 1050. The van der Waals surface area contributed by atoms with Gasteiger partial charge in [0, 0.05) is 23.4 Å². The zero-order chi connectivity index (χ0) is 21.4. The number of anilines is 2. The Morgan fingerprint density at radius 2 is 1.79 bits per heavy atom. The summed E-state index contributed by atoms with van der Waals surface area (Å²) < 4.78 is 72.1. The van der Waals surface area contributed by atoms with E-state index in [1.54, 1.807) is 0 Å². The Morgan fingerprint density at radius 3 is 2.31 bits per heavy atom. The van der Waals surface area contributed by atoms with E-state index in [9.17, 15) is 31.5 Å². The van der Waals surface area contributed by atoms with E-state index in [0.29, 0.717) is 12.1 Å². The number of aliphatic hydroxyl groups excluding tert-OH is 1. The molecule has 0 aliphatic carbocycles. The molecule has 5 N–H and O–H groups in total. The summed E-state index contributed by atoms with van der Waals surface area (Å²) in [6.45, 7) is -0.580. The maximum Gasteiger partial charge on any atom is 0.255 e. The quantitative estimate of drug-likeness (QED) is 0.398. The maximum atomic E-state index is 13.3. The van der Waals surface area contributed by atoms with Gasteiger partial charge in [0.05, 0.1) is 25.5 Å². The highest BCUT2D eigenvalue weighted by molar-refractivity contribution is 7.89. The van der Waals surface area contributed by atoms with Gasteiger partial charge in [-0.25, -0.2) is 21.6 Å². The van der Waals surface area contributed by atoms with Crippen LogP contribution in [-0.2, 0) is 14.8 Å². The minimum absolute atomic E-state index is 0.0372. The van der Waals surface area contributed by atoms with Crippen LogP contribution in [0.5, 0.6) is 0 Å². The molecule has 0 saturated carbocycles. The fourth-order valence-corrected chi connectivity index (χ4v) is 4.13. The lowest BCUT2D eigenvalue weighted by molar-refractivity contribution is -0.0858. The summed E-state index contributed by atoms with van der Waals surface area (Å²) in [5.41, 5.74) is 3.81. The number of hydrogen-bond donors (Lipinski definition) is 4. The first-order valence-corrected chi connectivity index (χ1v) is 9.63. The molecule has 0 unspecified atom stereocenters. The van der Waals surface area contributed by atoms with Crippen molar-refractivity contribution in [2.75, 3.05) is 30.9 Å². The third kappa shape index (κ3) is 4.19. The molecule has 1 heterocycles. The number of amides is 1. The van der Waals surface area contributed by atoms with Crippen molar-refractivity contribution in [3.8, 4) is 0 Å².